The van der Waals surface area contributed by atoms with Crippen molar-refractivity contribution in [1.29, 1.82) is 0 Å². The molecule has 2 amide bonds. The van der Waals surface area contributed by atoms with Crippen LogP contribution in [0.5, 0.6) is 0 Å². The van der Waals surface area contributed by atoms with Crippen LogP contribution in [-0.2, 0) is 9.59 Å². The summed E-state index contributed by atoms with van der Waals surface area (Å²) in [6.07, 6.45) is 0.915. The smallest absolute Gasteiger partial charge is 0.236 e. The Hall–Kier alpha value is -1.59. The van der Waals surface area contributed by atoms with Crippen molar-refractivity contribution in [2.75, 3.05) is 46.8 Å². The van der Waals surface area contributed by atoms with Gasteiger partial charge in [0.15, 0.2) is 0 Å². The van der Waals surface area contributed by atoms with Gasteiger partial charge >= 0.3 is 0 Å². The van der Waals surface area contributed by atoms with Crippen LogP contribution in [0.3, 0.4) is 0 Å². The molecule has 1 saturated heterocycles. The first-order chi connectivity index (χ1) is 11.5. The van der Waals surface area contributed by atoms with Crippen molar-refractivity contribution in [1.82, 2.24) is 14.7 Å². The van der Waals surface area contributed by atoms with Gasteiger partial charge < -0.3 is 9.80 Å². The molecule has 0 aromatic heterocycles. The highest BCUT2D eigenvalue weighted by Crippen LogP contribution is 2.48. The van der Waals surface area contributed by atoms with E-state index in [1.165, 1.54) is 0 Å². The second kappa shape index (κ2) is 7.11. The average molecular weight is 350 g/mol. The molecule has 24 heavy (non-hydrogen) atoms. The monoisotopic (exact) mass is 349 g/mol. The van der Waals surface area contributed by atoms with Crippen LogP contribution in [0.25, 0.3) is 0 Å². The number of hydrogen-bond acceptors (Lipinski definition) is 3. The molecule has 1 aliphatic heterocycles. The number of benzene rings is 1. The summed E-state index contributed by atoms with van der Waals surface area (Å²) in [5.74, 6) is 0.763. The summed E-state index contributed by atoms with van der Waals surface area (Å²) in [6.45, 7) is 3.37. The van der Waals surface area contributed by atoms with Crippen molar-refractivity contribution < 1.29 is 9.59 Å². The van der Waals surface area contributed by atoms with Crippen LogP contribution in [0.15, 0.2) is 24.3 Å². The maximum absolute atomic E-state index is 12.7. The van der Waals surface area contributed by atoms with Crippen molar-refractivity contribution in [3.63, 3.8) is 0 Å². The highest BCUT2D eigenvalue weighted by molar-refractivity contribution is 6.30. The number of rotatable bonds is 4. The standard InChI is InChI=1S/C18H24ClN3O2/c1-20(2)17(23)12-21-6-8-22(9-7-21)18(24)16-11-15(16)13-4-3-5-14(19)10-13/h3-5,10,15-16H,6-9,11-12H2,1-2H3/t15-,16-/m0/s1. The molecule has 1 heterocycles. The van der Waals surface area contributed by atoms with E-state index in [-0.39, 0.29) is 17.7 Å². The molecule has 1 aromatic rings. The number of carbonyl (C=O) groups excluding carboxylic acids is 2. The molecule has 3 rings (SSSR count). The zero-order chi connectivity index (χ0) is 17.3. The predicted octanol–water partition coefficient (Wildman–Crippen LogP) is 1.68. The number of amides is 2. The first-order valence-electron chi connectivity index (χ1n) is 8.42. The normalized spacial score (nSPS) is 23.9. The molecule has 1 aliphatic carbocycles. The Morgan fingerprint density at radius 3 is 2.54 bits per heavy atom. The zero-order valence-corrected chi connectivity index (χ0v) is 15.0. The van der Waals surface area contributed by atoms with Crippen molar-refractivity contribution in [2.45, 2.75) is 12.3 Å². The van der Waals surface area contributed by atoms with Crippen LogP contribution in [0.2, 0.25) is 5.02 Å². The van der Waals surface area contributed by atoms with Gasteiger partial charge in [0, 0.05) is 51.2 Å². The third-order valence-electron chi connectivity index (χ3n) is 4.93. The largest absolute Gasteiger partial charge is 0.348 e. The molecule has 0 N–H and O–H groups in total. The minimum Gasteiger partial charge on any atom is -0.348 e. The fraction of sp³-hybridized carbons (Fsp3) is 0.556. The molecular weight excluding hydrogens is 326 g/mol. The molecule has 1 saturated carbocycles. The van der Waals surface area contributed by atoms with Gasteiger partial charge in [0.2, 0.25) is 11.8 Å². The Labute approximate surface area is 148 Å². The SMILES string of the molecule is CN(C)C(=O)CN1CCN(C(=O)[C@H]2C[C@H]2c2cccc(Cl)c2)CC1. The van der Waals surface area contributed by atoms with Crippen LogP contribution in [0.1, 0.15) is 17.9 Å². The van der Waals surface area contributed by atoms with Gasteiger partial charge in [0.25, 0.3) is 0 Å². The Balaban J connectivity index is 1.49. The lowest BCUT2D eigenvalue weighted by molar-refractivity contribution is -0.135. The minimum atomic E-state index is 0.0958. The molecule has 0 radical (unpaired) electrons. The van der Waals surface area contributed by atoms with Gasteiger partial charge in [-0.3, -0.25) is 14.5 Å². The molecule has 2 fully saturated rings. The Morgan fingerprint density at radius 2 is 1.92 bits per heavy atom. The Bertz CT molecular complexity index is 626. The van der Waals surface area contributed by atoms with E-state index in [1.807, 2.05) is 23.1 Å². The van der Waals surface area contributed by atoms with Gasteiger partial charge in [0.05, 0.1) is 6.54 Å². The number of nitrogens with zero attached hydrogens (tertiary/aromatic N) is 3. The van der Waals surface area contributed by atoms with Gasteiger partial charge in [-0.15, -0.1) is 0 Å². The Morgan fingerprint density at radius 1 is 1.21 bits per heavy atom. The lowest BCUT2D eigenvalue weighted by atomic mass is 10.1. The predicted molar refractivity (Wildman–Crippen MR) is 94.0 cm³/mol. The van der Waals surface area contributed by atoms with E-state index in [9.17, 15) is 9.59 Å². The molecule has 1 aromatic carbocycles. The molecule has 2 atom stereocenters. The van der Waals surface area contributed by atoms with Crippen molar-refractivity contribution >= 4 is 23.4 Å². The van der Waals surface area contributed by atoms with Crippen LogP contribution in [-0.4, -0.2) is 73.3 Å². The van der Waals surface area contributed by atoms with Crippen molar-refractivity contribution in [3.8, 4) is 0 Å². The van der Waals surface area contributed by atoms with Crippen LogP contribution >= 0.6 is 11.6 Å². The molecule has 6 heteroatoms. The van der Waals surface area contributed by atoms with E-state index in [1.54, 1.807) is 19.0 Å². The van der Waals surface area contributed by atoms with Gasteiger partial charge in [-0.25, -0.2) is 0 Å². The van der Waals surface area contributed by atoms with E-state index in [0.29, 0.717) is 25.6 Å². The molecule has 0 spiro atoms. The fourth-order valence-corrected chi connectivity index (χ4v) is 3.47. The quantitative estimate of drug-likeness (QED) is 0.830. The maximum atomic E-state index is 12.7. The number of likely N-dealkylation sites (N-methyl/N-ethyl adjacent to an activating group) is 1. The minimum absolute atomic E-state index is 0.0958. The molecule has 0 bridgehead atoms. The van der Waals surface area contributed by atoms with Crippen LogP contribution in [0.4, 0.5) is 0 Å². The molecule has 5 nitrogen and oxygen atoms in total. The van der Waals surface area contributed by atoms with E-state index in [0.717, 1.165) is 30.1 Å². The molecule has 0 unspecified atom stereocenters. The topological polar surface area (TPSA) is 43.9 Å². The third-order valence-corrected chi connectivity index (χ3v) is 5.16. The van der Waals surface area contributed by atoms with Crippen molar-refractivity contribution in [3.05, 3.63) is 34.9 Å². The summed E-state index contributed by atoms with van der Waals surface area (Å²) in [4.78, 5) is 30.1. The maximum Gasteiger partial charge on any atom is 0.236 e. The highest BCUT2D eigenvalue weighted by atomic mass is 35.5. The summed E-state index contributed by atoms with van der Waals surface area (Å²) in [5.41, 5.74) is 1.16. The van der Waals surface area contributed by atoms with Crippen LogP contribution in [0, 0.1) is 5.92 Å². The summed E-state index contributed by atoms with van der Waals surface area (Å²) in [6, 6.07) is 7.81. The molecule has 2 aliphatic rings. The zero-order valence-electron chi connectivity index (χ0n) is 14.2. The third kappa shape index (κ3) is 3.90. The number of halogens is 1. The Kier molecular flexibility index (Phi) is 5.11. The summed E-state index contributed by atoms with van der Waals surface area (Å²) in [7, 11) is 3.54. The highest BCUT2D eigenvalue weighted by Gasteiger charge is 2.46. The summed E-state index contributed by atoms with van der Waals surface area (Å²) < 4.78 is 0. The summed E-state index contributed by atoms with van der Waals surface area (Å²) >= 11 is 6.04. The summed E-state index contributed by atoms with van der Waals surface area (Å²) in [5, 5.41) is 0.727. The second-order valence-electron chi connectivity index (χ2n) is 6.89. The van der Waals surface area contributed by atoms with E-state index < -0.39 is 0 Å². The van der Waals surface area contributed by atoms with E-state index in [4.69, 9.17) is 11.6 Å². The molecular formula is C18H24ClN3O2. The van der Waals surface area contributed by atoms with E-state index in [2.05, 4.69) is 11.0 Å². The van der Waals surface area contributed by atoms with Gasteiger partial charge in [-0.2, -0.15) is 0 Å². The van der Waals surface area contributed by atoms with Gasteiger partial charge in [-0.05, 0) is 30.0 Å². The average Bonchev–Trinajstić information content (AvgIpc) is 3.35. The second-order valence-corrected chi connectivity index (χ2v) is 7.33. The number of carbonyl (C=O) groups is 2. The van der Waals surface area contributed by atoms with E-state index >= 15 is 0 Å². The molecule has 130 valence electrons. The number of piperazine rings is 1. The lowest BCUT2D eigenvalue weighted by Crippen LogP contribution is -2.51. The first-order valence-corrected chi connectivity index (χ1v) is 8.80. The van der Waals surface area contributed by atoms with Crippen molar-refractivity contribution in [2.24, 2.45) is 5.92 Å². The van der Waals surface area contributed by atoms with Gasteiger partial charge in [-0.1, -0.05) is 23.7 Å². The van der Waals surface area contributed by atoms with Gasteiger partial charge in [0.1, 0.15) is 0 Å². The number of hydrogen-bond donors (Lipinski definition) is 0. The lowest BCUT2D eigenvalue weighted by Gasteiger charge is -2.35. The fourth-order valence-electron chi connectivity index (χ4n) is 3.27. The first kappa shape index (κ1) is 17.2. The van der Waals surface area contributed by atoms with Crippen LogP contribution < -0.4 is 0 Å².